The fraction of sp³-hybridized carbons (Fsp3) is 0.296. The Labute approximate surface area is 205 Å². The summed E-state index contributed by atoms with van der Waals surface area (Å²) in [5.41, 5.74) is 3.71. The van der Waals surface area contributed by atoms with Crippen LogP contribution in [-0.2, 0) is 16.1 Å². The molecule has 2 amide bonds. The van der Waals surface area contributed by atoms with Crippen LogP contribution >= 0.6 is 0 Å². The number of nitrogens with zero attached hydrogens (tertiary/aromatic N) is 5. The molecule has 8 nitrogen and oxygen atoms in total. The van der Waals surface area contributed by atoms with Crippen LogP contribution in [0.15, 0.2) is 73.1 Å². The van der Waals surface area contributed by atoms with Gasteiger partial charge in [0.15, 0.2) is 0 Å². The fourth-order valence-electron chi connectivity index (χ4n) is 3.99. The van der Waals surface area contributed by atoms with Crippen molar-refractivity contribution in [3.8, 4) is 0 Å². The molecule has 2 aromatic heterocycles. The van der Waals surface area contributed by atoms with Gasteiger partial charge in [0.25, 0.3) is 0 Å². The molecule has 1 N–H and O–H groups in total. The van der Waals surface area contributed by atoms with Gasteiger partial charge in [0.2, 0.25) is 11.8 Å². The zero-order valence-electron chi connectivity index (χ0n) is 20.3. The molecule has 0 aliphatic carbocycles. The number of pyridine rings is 1. The van der Waals surface area contributed by atoms with Gasteiger partial charge in [-0.1, -0.05) is 49.4 Å². The Morgan fingerprint density at radius 2 is 1.89 bits per heavy atom. The van der Waals surface area contributed by atoms with Crippen molar-refractivity contribution < 1.29 is 9.59 Å². The SMILES string of the molecule is Cc1cccc(N(C(=O)Cn2nnc3ccccc32)C(C(=O)NCCC(C)C)c2cccnc2)c1. The molecule has 0 aliphatic heterocycles. The topological polar surface area (TPSA) is 93.0 Å². The van der Waals surface area contributed by atoms with Crippen molar-refractivity contribution in [2.24, 2.45) is 5.92 Å². The summed E-state index contributed by atoms with van der Waals surface area (Å²) >= 11 is 0. The van der Waals surface area contributed by atoms with Crippen LogP contribution in [0.25, 0.3) is 11.0 Å². The van der Waals surface area contributed by atoms with Gasteiger partial charge in [0.05, 0.1) is 5.52 Å². The van der Waals surface area contributed by atoms with Gasteiger partial charge in [-0.2, -0.15) is 0 Å². The molecule has 8 heteroatoms. The standard InChI is InChI=1S/C27H30N6O2/c1-19(2)13-15-29-27(35)26(21-9-7-14-28-17-21)33(22-10-6-8-20(3)16-22)25(34)18-32-24-12-5-4-11-23(24)30-31-32/h4-12,14,16-17,19,26H,13,15,18H2,1-3H3,(H,29,35). The molecule has 0 fully saturated rings. The molecule has 0 radical (unpaired) electrons. The largest absolute Gasteiger partial charge is 0.354 e. The number of carbonyl (C=O) groups excluding carboxylic acids is 2. The number of hydrogen-bond donors (Lipinski definition) is 1. The Bertz CT molecular complexity index is 1300. The Morgan fingerprint density at radius 1 is 1.06 bits per heavy atom. The van der Waals surface area contributed by atoms with Crippen LogP contribution in [-0.4, -0.2) is 38.3 Å². The first-order valence-corrected chi connectivity index (χ1v) is 11.8. The molecule has 0 saturated heterocycles. The molecule has 4 aromatic rings. The van der Waals surface area contributed by atoms with Gasteiger partial charge in [-0.15, -0.1) is 5.10 Å². The number of fused-ring (bicyclic) bond motifs is 1. The minimum absolute atomic E-state index is 0.0650. The maximum absolute atomic E-state index is 13.9. The summed E-state index contributed by atoms with van der Waals surface area (Å²) in [6, 6.07) is 17.8. The van der Waals surface area contributed by atoms with E-state index in [1.165, 1.54) is 0 Å². The summed E-state index contributed by atoms with van der Waals surface area (Å²) in [6.45, 7) is 6.63. The highest BCUT2D eigenvalue weighted by molar-refractivity contribution is 6.01. The molecular weight excluding hydrogens is 440 g/mol. The second kappa shape index (κ2) is 10.9. The van der Waals surface area contributed by atoms with Gasteiger partial charge >= 0.3 is 0 Å². The molecular formula is C27H30N6O2. The van der Waals surface area contributed by atoms with E-state index >= 15 is 0 Å². The summed E-state index contributed by atoms with van der Waals surface area (Å²) in [5.74, 6) is -0.0849. The van der Waals surface area contributed by atoms with Gasteiger partial charge < -0.3 is 5.32 Å². The molecule has 0 bridgehead atoms. The number of para-hydroxylation sites is 1. The van der Waals surface area contributed by atoms with E-state index in [-0.39, 0.29) is 18.4 Å². The summed E-state index contributed by atoms with van der Waals surface area (Å²) in [4.78, 5) is 33.2. The molecule has 0 aliphatic rings. The van der Waals surface area contributed by atoms with Crippen LogP contribution in [0.3, 0.4) is 0 Å². The summed E-state index contributed by atoms with van der Waals surface area (Å²) in [5, 5.41) is 11.4. The lowest BCUT2D eigenvalue weighted by molar-refractivity contribution is -0.127. The number of amides is 2. The molecule has 1 unspecified atom stereocenters. The van der Waals surface area contributed by atoms with Crippen molar-refractivity contribution in [3.05, 3.63) is 84.2 Å². The van der Waals surface area contributed by atoms with Crippen LogP contribution in [0, 0.1) is 12.8 Å². The molecule has 2 heterocycles. The molecule has 0 spiro atoms. The third-order valence-electron chi connectivity index (χ3n) is 5.78. The number of rotatable bonds is 9. The van der Waals surface area contributed by atoms with Gasteiger partial charge in [0.1, 0.15) is 18.1 Å². The molecule has 180 valence electrons. The van der Waals surface area contributed by atoms with Gasteiger partial charge in [-0.3, -0.25) is 19.5 Å². The third-order valence-corrected chi connectivity index (χ3v) is 5.78. The molecule has 35 heavy (non-hydrogen) atoms. The highest BCUT2D eigenvalue weighted by Gasteiger charge is 2.33. The predicted molar refractivity (Wildman–Crippen MR) is 136 cm³/mol. The van der Waals surface area contributed by atoms with Gasteiger partial charge in [0, 0.05) is 30.2 Å². The van der Waals surface area contributed by atoms with Crippen LogP contribution in [0.4, 0.5) is 5.69 Å². The van der Waals surface area contributed by atoms with Crippen molar-refractivity contribution in [3.63, 3.8) is 0 Å². The number of benzene rings is 2. The number of anilines is 1. The fourth-order valence-corrected chi connectivity index (χ4v) is 3.99. The molecule has 2 aromatic carbocycles. The van der Waals surface area contributed by atoms with Crippen LogP contribution in [0.2, 0.25) is 0 Å². The first kappa shape index (κ1) is 24.1. The number of nitrogens with one attached hydrogen (secondary N) is 1. The second-order valence-corrected chi connectivity index (χ2v) is 9.00. The monoisotopic (exact) mass is 470 g/mol. The predicted octanol–water partition coefficient (Wildman–Crippen LogP) is 4.07. The van der Waals surface area contributed by atoms with Gasteiger partial charge in [-0.25, -0.2) is 4.68 Å². The Kier molecular flexibility index (Phi) is 7.50. The summed E-state index contributed by atoms with van der Waals surface area (Å²) < 4.78 is 1.57. The third kappa shape index (κ3) is 5.71. The van der Waals surface area contributed by atoms with Crippen molar-refractivity contribution >= 4 is 28.5 Å². The normalized spacial score (nSPS) is 12.0. The van der Waals surface area contributed by atoms with Crippen molar-refractivity contribution in [2.45, 2.75) is 39.8 Å². The molecule has 0 saturated carbocycles. The van der Waals surface area contributed by atoms with Crippen LogP contribution in [0.5, 0.6) is 0 Å². The van der Waals surface area contributed by atoms with E-state index in [2.05, 4.69) is 34.5 Å². The number of aryl methyl sites for hydroxylation is 1. The smallest absolute Gasteiger partial charge is 0.249 e. The van der Waals surface area contributed by atoms with Crippen LogP contribution in [0.1, 0.15) is 37.4 Å². The lowest BCUT2D eigenvalue weighted by Gasteiger charge is -2.31. The van der Waals surface area contributed by atoms with Crippen LogP contribution < -0.4 is 10.2 Å². The van der Waals surface area contributed by atoms with E-state index < -0.39 is 6.04 Å². The quantitative estimate of drug-likeness (QED) is 0.398. The Morgan fingerprint density at radius 3 is 2.63 bits per heavy atom. The second-order valence-electron chi connectivity index (χ2n) is 9.00. The number of aromatic nitrogens is 4. The average molecular weight is 471 g/mol. The summed E-state index contributed by atoms with van der Waals surface area (Å²) in [6.07, 6.45) is 4.13. The van der Waals surface area contributed by atoms with E-state index in [0.717, 1.165) is 17.5 Å². The first-order chi connectivity index (χ1) is 16.9. The molecule has 4 rings (SSSR count). The maximum Gasteiger partial charge on any atom is 0.249 e. The highest BCUT2D eigenvalue weighted by Crippen LogP contribution is 2.29. The zero-order chi connectivity index (χ0) is 24.8. The maximum atomic E-state index is 13.9. The number of hydrogen-bond acceptors (Lipinski definition) is 5. The Balaban J connectivity index is 1.74. The minimum atomic E-state index is -0.889. The molecule has 1 atom stereocenters. The average Bonchev–Trinajstić information content (AvgIpc) is 3.25. The summed E-state index contributed by atoms with van der Waals surface area (Å²) in [7, 11) is 0. The van der Waals surface area contributed by atoms with Crippen molar-refractivity contribution in [2.75, 3.05) is 11.4 Å². The zero-order valence-corrected chi connectivity index (χ0v) is 20.3. The van der Waals surface area contributed by atoms with E-state index in [0.29, 0.717) is 29.2 Å². The van der Waals surface area contributed by atoms with E-state index in [4.69, 9.17) is 0 Å². The minimum Gasteiger partial charge on any atom is -0.354 e. The lowest BCUT2D eigenvalue weighted by Crippen LogP contribution is -2.45. The van der Waals surface area contributed by atoms with Gasteiger partial charge in [-0.05, 0) is 55.2 Å². The Hall–Kier alpha value is -4.07. The highest BCUT2D eigenvalue weighted by atomic mass is 16.2. The van der Waals surface area contributed by atoms with E-state index in [1.54, 1.807) is 28.0 Å². The van der Waals surface area contributed by atoms with E-state index in [9.17, 15) is 9.59 Å². The first-order valence-electron chi connectivity index (χ1n) is 11.8. The lowest BCUT2D eigenvalue weighted by atomic mass is 10.0. The van der Waals surface area contributed by atoms with Crippen molar-refractivity contribution in [1.29, 1.82) is 0 Å². The number of carbonyl (C=O) groups is 2. The van der Waals surface area contributed by atoms with E-state index in [1.807, 2.05) is 61.5 Å². The van der Waals surface area contributed by atoms with Crippen molar-refractivity contribution in [1.82, 2.24) is 25.3 Å².